The van der Waals surface area contributed by atoms with Crippen molar-refractivity contribution in [1.82, 2.24) is 10.6 Å². The van der Waals surface area contributed by atoms with Gasteiger partial charge in [0.15, 0.2) is 0 Å². The molecule has 1 amide bonds. The lowest BCUT2D eigenvalue weighted by molar-refractivity contribution is -0.146. The third kappa shape index (κ3) is 3.43. The molecule has 17 heavy (non-hydrogen) atoms. The van der Waals surface area contributed by atoms with Crippen molar-refractivity contribution in [3.8, 4) is 0 Å². The maximum atomic E-state index is 12.1. The summed E-state index contributed by atoms with van der Waals surface area (Å²) >= 11 is 0. The SMILES string of the molecule is CCC(NC(=O)C1(C)CCCCN1)C(=O)OC. The Labute approximate surface area is 102 Å². The molecule has 1 saturated heterocycles. The monoisotopic (exact) mass is 242 g/mol. The first-order chi connectivity index (χ1) is 8.03. The summed E-state index contributed by atoms with van der Waals surface area (Å²) in [5, 5.41) is 5.97. The number of carbonyl (C=O) groups excluding carboxylic acids is 2. The molecule has 98 valence electrons. The smallest absolute Gasteiger partial charge is 0.328 e. The number of hydrogen-bond donors (Lipinski definition) is 2. The molecule has 0 aliphatic carbocycles. The average Bonchev–Trinajstić information content (AvgIpc) is 2.35. The van der Waals surface area contributed by atoms with Gasteiger partial charge in [-0.2, -0.15) is 0 Å². The number of rotatable bonds is 4. The van der Waals surface area contributed by atoms with Gasteiger partial charge in [0, 0.05) is 0 Å². The highest BCUT2D eigenvalue weighted by molar-refractivity contribution is 5.90. The Bertz CT molecular complexity index is 285. The molecule has 5 heteroatoms. The number of piperidine rings is 1. The first kappa shape index (κ1) is 14.0. The Morgan fingerprint density at radius 2 is 2.18 bits per heavy atom. The van der Waals surface area contributed by atoms with Crippen molar-refractivity contribution in [1.29, 1.82) is 0 Å². The molecule has 2 N–H and O–H groups in total. The van der Waals surface area contributed by atoms with Crippen LogP contribution in [0.2, 0.25) is 0 Å². The van der Waals surface area contributed by atoms with E-state index in [1.807, 2.05) is 13.8 Å². The summed E-state index contributed by atoms with van der Waals surface area (Å²) in [5.41, 5.74) is -0.556. The molecule has 2 atom stereocenters. The first-order valence-electron chi connectivity index (χ1n) is 6.17. The summed E-state index contributed by atoms with van der Waals surface area (Å²) in [4.78, 5) is 23.5. The molecule has 0 aromatic rings. The molecule has 0 aromatic carbocycles. The summed E-state index contributed by atoms with van der Waals surface area (Å²) < 4.78 is 4.65. The van der Waals surface area contributed by atoms with Crippen LogP contribution in [0.4, 0.5) is 0 Å². The van der Waals surface area contributed by atoms with Crippen LogP contribution < -0.4 is 10.6 Å². The lowest BCUT2D eigenvalue weighted by atomic mass is 9.89. The Morgan fingerprint density at radius 1 is 1.47 bits per heavy atom. The van der Waals surface area contributed by atoms with Gasteiger partial charge in [0.25, 0.3) is 0 Å². The minimum atomic E-state index is -0.556. The van der Waals surface area contributed by atoms with Gasteiger partial charge < -0.3 is 15.4 Å². The van der Waals surface area contributed by atoms with Gasteiger partial charge in [-0.1, -0.05) is 6.92 Å². The maximum Gasteiger partial charge on any atom is 0.328 e. The van der Waals surface area contributed by atoms with Crippen molar-refractivity contribution in [2.45, 2.75) is 51.1 Å². The molecular weight excluding hydrogens is 220 g/mol. The molecule has 0 aromatic heterocycles. The van der Waals surface area contributed by atoms with Crippen molar-refractivity contribution in [3.63, 3.8) is 0 Å². The van der Waals surface area contributed by atoms with Gasteiger partial charge in [-0.05, 0) is 39.2 Å². The van der Waals surface area contributed by atoms with Gasteiger partial charge in [-0.25, -0.2) is 4.79 Å². The van der Waals surface area contributed by atoms with E-state index in [0.29, 0.717) is 6.42 Å². The number of methoxy groups -OCH3 is 1. The van der Waals surface area contributed by atoms with Crippen molar-refractivity contribution in [2.75, 3.05) is 13.7 Å². The summed E-state index contributed by atoms with van der Waals surface area (Å²) in [6, 6.07) is -0.548. The standard InChI is InChI=1S/C12H22N2O3/c1-4-9(10(15)17-3)14-11(16)12(2)7-5-6-8-13-12/h9,13H,4-8H2,1-3H3,(H,14,16). The van der Waals surface area contributed by atoms with Gasteiger partial charge in [-0.3, -0.25) is 4.79 Å². The van der Waals surface area contributed by atoms with Crippen LogP contribution in [0.5, 0.6) is 0 Å². The third-order valence-electron chi connectivity index (χ3n) is 3.32. The maximum absolute atomic E-state index is 12.1. The largest absolute Gasteiger partial charge is 0.467 e. The molecule has 1 rings (SSSR count). The fraction of sp³-hybridized carbons (Fsp3) is 0.833. The lowest BCUT2D eigenvalue weighted by Gasteiger charge is -2.34. The van der Waals surface area contributed by atoms with E-state index >= 15 is 0 Å². The highest BCUT2D eigenvalue weighted by Gasteiger charge is 2.36. The minimum Gasteiger partial charge on any atom is -0.467 e. The highest BCUT2D eigenvalue weighted by atomic mass is 16.5. The quantitative estimate of drug-likeness (QED) is 0.708. The van der Waals surface area contributed by atoms with Crippen LogP contribution in [0, 0.1) is 0 Å². The zero-order chi connectivity index (χ0) is 12.9. The number of amides is 1. The fourth-order valence-corrected chi connectivity index (χ4v) is 2.04. The molecule has 0 radical (unpaired) electrons. The second kappa shape index (κ2) is 6.00. The molecule has 0 bridgehead atoms. The molecular formula is C12H22N2O3. The highest BCUT2D eigenvalue weighted by Crippen LogP contribution is 2.19. The topological polar surface area (TPSA) is 67.4 Å². The third-order valence-corrected chi connectivity index (χ3v) is 3.32. The zero-order valence-electron chi connectivity index (χ0n) is 10.8. The summed E-state index contributed by atoms with van der Waals surface area (Å²) in [6.45, 7) is 4.57. The molecule has 1 heterocycles. The van der Waals surface area contributed by atoms with E-state index in [2.05, 4.69) is 15.4 Å². The van der Waals surface area contributed by atoms with Crippen molar-refractivity contribution in [2.24, 2.45) is 0 Å². The van der Waals surface area contributed by atoms with E-state index in [4.69, 9.17) is 0 Å². The Morgan fingerprint density at radius 3 is 2.65 bits per heavy atom. The van der Waals surface area contributed by atoms with Crippen LogP contribution in [-0.4, -0.2) is 37.1 Å². The van der Waals surface area contributed by atoms with Crippen LogP contribution in [0.3, 0.4) is 0 Å². The summed E-state index contributed by atoms with van der Waals surface area (Å²) in [5.74, 6) is -0.505. The van der Waals surface area contributed by atoms with Gasteiger partial charge in [0.1, 0.15) is 6.04 Å². The minimum absolute atomic E-state index is 0.116. The van der Waals surface area contributed by atoms with Crippen LogP contribution >= 0.6 is 0 Å². The molecule has 5 nitrogen and oxygen atoms in total. The number of esters is 1. The predicted molar refractivity (Wildman–Crippen MR) is 64.5 cm³/mol. The number of ether oxygens (including phenoxy) is 1. The van der Waals surface area contributed by atoms with Crippen LogP contribution in [0.25, 0.3) is 0 Å². The Hall–Kier alpha value is -1.10. The van der Waals surface area contributed by atoms with Crippen molar-refractivity contribution >= 4 is 11.9 Å². The second-order valence-electron chi connectivity index (χ2n) is 4.67. The molecule has 1 fully saturated rings. The lowest BCUT2D eigenvalue weighted by Crippen LogP contribution is -2.59. The van der Waals surface area contributed by atoms with Crippen LogP contribution in [-0.2, 0) is 14.3 Å². The van der Waals surface area contributed by atoms with Gasteiger partial charge in [-0.15, -0.1) is 0 Å². The first-order valence-corrected chi connectivity index (χ1v) is 6.17. The van der Waals surface area contributed by atoms with Crippen molar-refractivity contribution in [3.05, 3.63) is 0 Å². The van der Waals surface area contributed by atoms with E-state index in [0.717, 1.165) is 25.8 Å². The van der Waals surface area contributed by atoms with Crippen molar-refractivity contribution < 1.29 is 14.3 Å². The number of carbonyl (C=O) groups is 2. The second-order valence-corrected chi connectivity index (χ2v) is 4.67. The molecule has 0 saturated carbocycles. The summed E-state index contributed by atoms with van der Waals surface area (Å²) in [7, 11) is 1.33. The molecule has 0 spiro atoms. The van der Waals surface area contributed by atoms with Crippen LogP contribution in [0.1, 0.15) is 39.5 Å². The average molecular weight is 242 g/mol. The van der Waals surface area contributed by atoms with Gasteiger partial charge in [0.05, 0.1) is 12.6 Å². The van der Waals surface area contributed by atoms with E-state index in [1.165, 1.54) is 7.11 Å². The number of hydrogen-bond acceptors (Lipinski definition) is 4. The van der Waals surface area contributed by atoms with E-state index in [-0.39, 0.29) is 11.9 Å². The fourth-order valence-electron chi connectivity index (χ4n) is 2.04. The van der Waals surface area contributed by atoms with E-state index in [1.54, 1.807) is 0 Å². The Kier molecular flexibility index (Phi) is 4.93. The molecule has 2 unspecified atom stereocenters. The predicted octanol–water partition coefficient (Wildman–Crippen LogP) is 0.586. The van der Waals surface area contributed by atoms with Gasteiger partial charge >= 0.3 is 5.97 Å². The molecule has 1 aliphatic rings. The van der Waals surface area contributed by atoms with Crippen LogP contribution in [0.15, 0.2) is 0 Å². The number of nitrogens with one attached hydrogen (secondary N) is 2. The Balaban J connectivity index is 2.60. The van der Waals surface area contributed by atoms with E-state index in [9.17, 15) is 9.59 Å². The summed E-state index contributed by atoms with van der Waals surface area (Å²) in [6.07, 6.45) is 3.47. The normalized spacial score (nSPS) is 26.1. The van der Waals surface area contributed by atoms with E-state index < -0.39 is 11.6 Å². The zero-order valence-corrected chi connectivity index (χ0v) is 10.8. The van der Waals surface area contributed by atoms with Gasteiger partial charge in [0.2, 0.25) is 5.91 Å². The molecule has 1 aliphatic heterocycles.